The largest absolute Gasteiger partial charge is 0.369 e. The van der Waals surface area contributed by atoms with Crippen LogP contribution in [0.1, 0.15) is 17.0 Å². The number of nitrogens with two attached hydrogens (primary N) is 1. The van der Waals surface area contributed by atoms with E-state index in [-0.39, 0.29) is 0 Å². The minimum Gasteiger partial charge on any atom is -0.369 e. The van der Waals surface area contributed by atoms with Crippen LogP contribution in [0.5, 0.6) is 0 Å². The number of hydrogen-bond acceptors (Lipinski definition) is 2. The van der Waals surface area contributed by atoms with E-state index in [9.17, 15) is 0 Å². The van der Waals surface area contributed by atoms with Gasteiger partial charge in [0, 0.05) is 12.5 Å². The zero-order valence-corrected chi connectivity index (χ0v) is 12.7. The standard InChI is InChI=1S/C16H13Cl2N3/c17-12-6-14-15(7-13(12)18)21(16(19)20-14)8-10-5-9-3-1-2-4-11(9)10/h1-4,6-7,10H,5,8H2,(H2,19,20). The van der Waals surface area contributed by atoms with Crippen molar-refractivity contribution in [1.29, 1.82) is 0 Å². The molecule has 1 aliphatic carbocycles. The first-order chi connectivity index (χ1) is 10.1. The third-order valence-electron chi connectivity index (χ3n) is 4.18. The zero-order valence-electron chi connectivity index (χ0n) is 11.2. The molecule has 0 saturated carbocycles. The first-order valence-electron chi connectivity index (χ1n) is 6.82. The van der Waals surface area contributed by atoms with Crippen molar-refractivity contribution in [3.05, 3.63) is 57.6 Å². The van der Waals surface area contributed by atoms with Crippen LogP contribution in [0.15, 0.2) is 36.4 Å². The van der Waals surface area contributed by atoms with E-state index < -0.39 is 0 Å². The van der Waals surface area contributed by atoms with Gasteiger partial charge in [-0.1, -0.05) is 47.5 Å². The van der Waals surface area contributed by atoms with E-state index in [2.05, 4.69) is 29.2 Å². The molecule has 1 atom stereocenters. The molecule has 3 nitrogen and oxygen atoms in total. The van der Waals surface area contributed by atoms with Crippen molar-refractivity contribution in [2.45, 2.75) is 18.9 Å². The molecule has 1 aromatic heterocycles. The molecule has 21 heavy (non-hydrogen) atoms. The fraction of sp³-hybridized carbons (Fsp3) is 0.188. The van der Waals surface area contributed by atoms with Crippen LogP contribution in [0.3, 0.4) is 0 Å². The van der Waals surface area contributed by atoms with Gasteiger partial charge < -0.3 is 10.3 Å². The first-order valence-corrected chi connectivity index (χ1v) is 7.57. The molecular formula is C16H13Cl2N3. The Morgan fingerprint density at radius 3 is 2.76 bits per heavy atom. The Bertz CT molecular complexity index is 854. The van der Waals surface area contributed by atoms with Crippen LogP contribution >= 0.6 is 23.2 Å². The maximum Gasteiger partial charge on any atom is 0.201 e. The highest BCUT2D eigenvalue weighted by molar-refractivity contribution is 6.42. The number of nitrogen functional groups attached to an aromatic ring is 1. The minimum absolute atomic E-state index is 0.482. The van der Waals surface area contributed by atoms with Gasteiger partial charge in [0.15, 0.2) is 0 Å². The lowest BCUT2D eigenvalue weighted by Crippen LogP contribution is -2.22. The average molecular weight is 318 g/mol. The molecule has 0 saturated heterocycles. The second-order valence-electron chi connectivity index (χ2n) is 5.44. The fourth-order valence-corrected chi connectivity index (χ4v) is 3.39. The SMILES string of the molecule is Nc1nc2cc(Cl)c(Cl)cc2n1CC1Cc2ccccc21. The summed E-state index contributed by atoms with van der Waals surface area (Å²) in [4.78, 5) is 4.38. The van der Waals surface area contributed by atoms with Crippen molar-refractivity contribution in [3.63, 3.8) is 0 Å². The summed E-state index contributed by atoms with van der Waals surface area (Å²) in [5, 5.41) is 1.03. The van der Waals surface area contributed by atoms with Crippen LogP contribution in [0, 0.1) is 0 Å². The van der Waals surface area contributed by atoms with Gasteiger partial charge in [-0.2, -0.15) is 0 Å². The number of benzene rings is 2. The molecule has 2 N–H and O–H groups in total. The Labute approximate surface area is 132 Å². The zero-order chi connectivity index (χ0) is 14.6. The summed E-state index contributed by atoms with van der Waals surface area (Å²) in [7, 11) is 0. The molecule has 0 radical (unpaired) electrons. The predicted molar refractivity (Wildman–Crippen MR) is 87.1 cm³/mol. The van der Waals surface area contributed by atoms with Crippen molar-refractivity contribution < 1.29 is 0 Å². The van der Waals surface area contributed by atoms with Gasteiger partial charge in [-0.15, -0.1) is 0 Å². The van der Waals surface area contributed by atoms with E-state index >= 15 is 0 Å². The van der Waals surface area contributed by atoms with Crippen molar-refractivity contribution in [2.24, 2.45) is 0 Å². The number of fused-ring (bicyclic) bond motifs is 2. The van der Waals surface area contributed by atoms with E-state index in [4.69, 9.17) is 28.9 Å². The molecule has 0 amide bonds. The third-order valence-corrected chi connectivity index (χ3v) is 4.91. The minimum atomic E-state index is 0.482. The van der Waals surface area contributed by atoms with Gasteiger partial charge in [0.25, 0.3) is 0 Å². The predicted octanol–water partition coefficient (Wildman–Crippen LogP) is 4.27. The molecule has 5 heteroatoms. The van der Waals surface area contributed by atoms with E-state index in [0.29, 0.717) is 21.9 Å². The van der Waals surface area contributed by atoms with E-state index in [1.165, 1.54) is 11.1 Å². The Morgan fingerprint density at radius 2 is 1.95 bits per heavy atom. The molecule has 2 aromatic carbocycles. The van der Waals surface area contributed by atoms with Gasteiger partial charge in [-0.3, -0.25) is 0 Å². The number of imidazole rings is 1. The Balaban J connectivity index is 1.75. The maximum atomic E-state index is 6.12. The molecule has 1 aliphatic rings. The van der Waals surface area contributed by atoms with E-state index in [1.807, 2.05) is 10.6 Å². The molecule has 0 spiro atoms. The van der Waals surface area contributed by atoms with Crippen molar-refractivity contribution >= 4 is 40.2 Å². The second-order valence-corrected chi connectivity index (χ2v) is 6.25. The smallest absolute Gasteiger partial charge is 0.201 e. The number of hydrogen-bond donors (Lipinski definition) is 1. The Morgan fingerprint density at radius 1 is 1.19 bits per heavy atom. The summed E-state index contributed by atoms with van der Waals surface area (Å²) in [5.41, 5.74) is 10.6. The molecule has 4 rings (SSSR count). The van der Waals surface area contributed by atoms with Crippen LogP contribution in [-0.4, -0.2) is 9.55 Å². The van der Waals surface area contributed by atoms with E-state index in [0.717, 1.165) is 24.0 Å². The summed E-state index contributed by atoms with van der Waals surface area (Å²) in [5.74, 6) is 0.989. The lowest BCUT2D eigenvalue weighted by Gasteiger charge is -2.30. The van der Waals surface area contributed by atoms with Crippen molar-refractivity contribution in [3.8, 4) is 0 Å². The maximum absolute atomic E-state index is 6.12. The molecular weight excluding hydrogens is 305 g/mol. The van der Waals surface area contributed by atoms with Crippen LogP contribution in [0.4, 0.5) is 5.95 Å². The fourth-order valence-electron chi connectivity index (χ4n) is 3.08. The molecule has 0 aliphatic heterocycles. The lowest BCUT2D eigenvalue weighted by molar-refractivity contribution is 0.521. The second kappa shape index (κ2) is 4.65. The highest BCUT2D eigenvalue weighted by Crippen LogP contribution is 2.38. The van der Waals surface area contributed by atoms with Crippen LogP contribution in [-0.2, 0) is 13.0 Å². The topological polar surface area (TPSA) is 43.8 Å². The Hall–Kier alpha value is -1.71. The van der Waals surface area contributed by atoms with Gasteiger partial charge in [-0.25, -0.2) is 4.98 Å². The highest BCUT2D eigenvalue weighted by Gasteiger charge is 2.27. The normalized spacial score (nSPS) is 16.8. The highest BCUT2D eigenvalue weighted by atomic mass is 35.5. The summed E-state index contributed by atoms with van der Waals surface area (Å²) in [6.07, 6.45) is 1.08. The molecule has 3 aromatic rings. The molecule has 106 valence electrons. The van der Waals surface area contributed by atoms with Crippen LogP contribution in [0.2, 0.25) is 10.0 Å². The monoisotopic (exact) mass is 317 g/mol. The molecule has 1 heterocycles. The van der Waals surface area contributed by atoms with Crippen molar-refractivity contribution in [1.82, 2.24) is 9.55 Å². The number of anilines is 1. The van der Waals surface area contributed by atoms with Gasteiger partial charge in [-0.05, 0) is 29.7 Å². The third kappa shape index (κ3) is 2.00. The number of aromatic nitrogens is 2. The van der Waals surface area contributed by atoms with Gasteiger partial charge in [0.2, 0.25) is 5.95 Å². The van der Waals surface area contributed by atoms with Crippen molar-refractivity contribution in [2.75, 3.05) is 5.73 Å². The number of rotatable bonds is 2. The number of nitrogens with zero attached hydrogens (tertiary/aromatic N) is 2. The average Bonchev–Trinajstić information content (AvgIpc) is 2.72. The van der Waals surface area contributed by atoms with Gasteiger partial charge in [0.1, 0.15) is 0 Å². The molecule has 0 bridgehead atoms. The quantitative estimate of drug-likeness (QED) is 0.767. The van der Waals surface area contributed by atoms with Crippen LogP contribution in [0.25, 0.3) is 11.0 Å². The van der Waals surface area contributed by atoms with Gasteiger partial charge >= 0.3 is 0 Å². The van der Waals surface area contributed by atoms with Crippen LogP contribution < -0.4 is 5.73 Å². The summed E-state index contributed by atoms with van der Waals surface area (Å²) >= 11 is 12.2. The summed E-state index contributed by atoms with van der Waals surface area (Å²) in [6, 6.07) is 12.1. The molecule has 0 fully saturated rings. The number of halogens is 2. The first kappa shape index (κ1) is 13.0. The van der Waals surface area contributed by atoms with Gasteiger partial charge in [0.05, 0.1) is 21.1 Å². The Kier molecular flexibility index (Phi) is 2.88. The summed E-state index contributed by atoms with van der Waals surface area (Å²) < 4.78 is 2.03. The lowest BCUT2D eigenvalue weighted by atomic mass is 9.77. The molecule has 1 unspecified atom stereocenters. The summed E-state index contributed by atoms with van der Waals surface area (Å²) in [6.45, 7) is 0.817. The van der Waals surface area contributed by atoms with E-state index in [1.54, 1.807) is 6.07 Å².